The second kappa shape index (κ2) is 9.72. The fourth-order valence-electron chi connectivity index (χ4n) is 3.73. The predicted octanol–water partition coefficient (Wildman–Crippen LogP) is 4.90. The molecular formula is C24H24ClFN4O4. The van der Waals surface area contributed by atoms with Crippen molar-refractivity contribution in [2.45, 2.75) is 39.5 Å². The lowest BCUT2D eigenvalue weighted by molar-refractivity contribution is -0.143. The zero-order valence-corrected chi connectivity index (χ0v) is 19.9. The molecule has 178 valence electrons. The number of halogens is 2. The number of ether oxygens (including phenoxy) is 3. The number of carbonyl (C=O) groups excluding carboxylic acids is 1. The lowest BCUT2D eigenvalue weighted by atomic mass is 9.95. The Kier molecular flexibility index (Phi) is 6.74. The fourth-order valence-corrected chi connectivity index (χ4v) is 3.95. The number of allylic oxidation sites excluding steroid dienone is 1. The van der Waals surface area contributed by atoms with Crippen molar-refractivity contribution in [2.75, 3.05) is 12.4 Å². The van der Waals surface area contributed by atoms with Crippen LogP contribution in [0, 0.1) is 5.82 Å². The van der Waals surface area contributed by atoms with Crippen LogP contribution in [0.2, 0.25) is 5.02 Å². The van der Waals surface area contributed by atoms with Crippen LogP contribution in [-0.4, -0.2) is 33.9 Å². The van der Waals surface area contributed by atoms with Gasteiger partial charge >= 0.3 is 5.97 Å². The van der Waals surface area contributed by atoms with Crippen molar-refractivity contribution in [3.8, 4) is 11.5 Å². The van der Waals surface area contributed by atoms with Crippen molar-refractivity contribution in [1.82, 2.24) is 14.8 Å². The summed E-state index contributed by atoms with van der Waals surface area (Å²) in [5, 5.41) is 7.68. The summed E-state index contributed by atoms with van der Waals surface area (Å²) in [5.41, 5.74) is 1.97. The van der Waals surface area contributed by atoms with E-state index in [1.54, 1.807) is 49.7 Å². The molecule has 0 saturated heterocycles. The zero-order chi connectivity index (χ0) is 24.4. The van der Waals surface area contributed by atoms with Crippen LogP contribution in [0.1, 0.15) is 37.9 Å². The number of fused-ring (bicyclic) bond motifs is 1. The largest absolute Gasteiger partial charge is 0.493 e. The second-order valence-electron chi connectivity index (χ2n) is 7.95. The molecule has 0 aliphatic carbocycles. The van der Waals surface area contributed by atoms with E-state index in [2.05, 4.69) is 15.4 Å². The van der Waals surface area contributed by atoms with Crippen molar-refractivity contribution >= 4 is 23.5 Å². The molecule has 2 heterocycles. The highest BCUT2D eigenvalue weighted by Crippen LogP contribution is 2.39. The molecule has 1 atom stereocenters. The number of nitrogens with zero attached hydrogens (tertiary/aromatic N) is 3. The van der Waals surface area contributed by atoms with Crippen LogP contribution in [-0.2, 0) is 16.1 Å². The topological polar surface area (TPSA) is 87.5 Å². The maximum absolute atomic E-state index is 14.1. The Labute approximate surface area is 201 Å². The Morgan fingerprint density at radius 1 is 1.26 bits per heavy atom. The van der Waals surface area contributed by atoms with Crippen LogP contribution in [0.3, 0.4) is 0 Å². The molecular weight excluding hydrogens is 463 g/mol. The molecule has 0 bridgehead atoms. The predicted molar refractivity (Wildman–Crippen MR) is 124 cm³/mol. The molecule has 0 fully saturated rings. The van der Waals surface area contributed by atoms with E-state index in [0.717, 1.165) is 0 Å². The summed E-state index contributed by atoms with van der Waals surface area (Å²) in [4.78, 5) is 17.2. The Morgan fingerprint density at radius 2 is 2.06 bits per heavy atom. The Bertz CT molecular complexity index is 1240. The van der Waals surface area contributed by atoms with Gasteiger partial charge in [-0.1, -0.05) is 23.7 Å². The Morgan fingerprint density at radius 3 is 2.76 bits per heavy atom. The van der Waals surface area contributed by atoms with Crippen LogP contribution in [0.25, 0.3) is 0 Å². The number of hydrogen-bond acceptors (Lipinski definition) is 7. The van der Waals surface area contributed by atoms with E-state index >= 15 is 0 Å². The molecule has 0 radical (unpaired) electrons. The number of nitrogens with one attached hydrogen (secondary N) is 1. The SMILES string of the molecule is COc1cc([C@H]2C(C(=O)OC(C)C)=C(C)Nc3ncnn32)ccc1OCc1c(F)cccc1Cl. The molecule has 0 amide bonds. The van der Waals surface area contributed by atoms with Gasteiger partial charge in [-0.3, -0.25) is 0 Å². The van der Waals surface area contributed by atoms with Crippen LogP contribution >= 0.6 is 11.6 Å². The number of esters is 1. The second-order valence-corrected chi connectivity index (χ2v) is 8.35. The van der Waals surface area contributed by atoms with Gasteiger partial charge in [-0.2, -0.15) is 10.1 Å². The number of benzene rings is 2. The number of methoxy groups -OCH3 is 1. The number of rotatable bonds is 7. The summed E-state index contributed by atoms with van der Waals surface area (Å²) in [6, 6.07) is 9.09. The van der Waals surface area contributed by atoms with Crippen molar-refractivity contribution < 1.29 is 23.4 Å². The summed E-state index contributed by atoms with van der Waals surface area (Å²) >= 11 is 6.11. The lowest BCUT2D eigenvalue weighted by Gasteiger charge is -2.29. The molecule has 0 saturated carbocycles. The third-order valence-electron chi connectivity index (χ3n) is 5.29. The monoisotopic (exact) mass is 486 g/mol. The molecule has 1 aliphatic heterocycles. The first-order valence-corrected chi connectivity index (χ1v) is 11.0. The number of aromatic nitrogens is 3. The summed E-state index contributed by atoms with van der Waals surface area (Å²) in [7, 11) is 1.50. The van der Waals surface area contributed by atoms with Gasteiger partial charge in [-0.05, 0) is 50.6 Å². The van der Waals surface area contributed by atoms with Gasteiger partial charge in [0.15, 0.2) is 11.5 Å². The van der Waals surface area contributed by atoms with Crippen LogP contribution in [0.15, 0.2) is 54.0 Å². The lowest BCUT2D eigenvalue weighted by Crippen LogP contribution is -2.30. The average Bonchev–Trinajstić information content (AvgIpc) is 3.25. The highest BCUT2D eigenvalue weighted by molar-refractivity contribution is 6.31. The van der Waals surface area contributed by atoms with E-state index in [0.29, 0.717) is 34.3 Å². The van der Waals surface area contributed by atoms with Crippen molar-refractivity contribution in [2.24, 2.45) is 0 Å². The van der Waals surface area contributed by atoms with Gasteiger partial charge < -0.3 is 19.5 Å². The van der Waals surface area contributed by atoms with E-state index in [9.17, 15) is 9.18 Å². The molecule has 2 aromatic carbocycles. The molecule has 1 aliphatic rings. The molecule has 10 heteroatoms. The first kappa shape index (κ1) is 23.6. The van der Waals surface area contributed by atoms with Crippen LogP contribution in [0.5, 0.6) is 11.5 Å². The molecule has 8 nitrogen and oxygen atoms in total. The van der Waals surface area contributed by atoms with E-state index in [1.807, 2.05) is 0 Å². The highest BCUT2D eigenvalue weighted by Gasteiger charge is 2.35. The maximum atomic E-state index is 14.1. The van der Waals surface area contributed by atoms with Crippen molar-refractivity contribution in [1.29, 1.82) is 0 Å². The van der Waals surface area contributed by atoms with E-state index in [4.69, 9.17) is 25.8 Å². The van der Waals surface area contributed by atoms with E-state index in [1.165, 1.54) is 25.6 Å². The van der Waals surface area contributed by atoms with Crippen LogP contribution < -0.4 is 14.8 Å². The minimum Gasteiger partial charge on any atom is -0.493 e. The molecule has 1 aromatic heterocycles. The standard InChI is InChI=1S/C24H24ClFN4O4/c1-13(2)34-23(31)21-14(3)29-24-27-12-28-30(24)22(21)15-8-9-19(20(10-15)32-4)33-11-16-17(25)6-5-7-18(16)26/h5-10,12-13,22H,11H2,1-4H3,(H,27,28,29)/t22-/m0/s1. The Balaban J connectivity index is 1.69. The molecule has 0 unspecified atom stereocenters. The number of hydrogen-bond donors (Lipinski definition) is 1. The summed E-state index contributed by atoms with van der Waals surface area (Å²) < 4.78 is 32.6. The first-order chi connectivity index (χ1) is 16.3. The summed E-state index contributed by atoms with van der Waals surface area (Å²) in [6.07, 6.45) is 1.12. The minimum absolute atomic E-state index is 0.0766. The summed E-state index contributed by atoms with van der Waals surface area (Å²) in [5.74, 6) is 0.381. The third kappa shape index (κ3) is 4.56. The summed E-state index contributed by atoms with van der Waals surface area (Å²) in [6.45, 7) is 5.29. The van der Waals surface area contributed by atoms with Crippen molar-refractivity contribution in [3.05, 3.63) is 76.0 Å². The number of anilines is 1. The smallest absolute Gasteiger partial charge is 0.338 e. The quantitative estimate of drug-likeness (QED) is 0.475. The maximum Gasteiger partial charge on any atom is 0.338 e. The van der Waals surface area contributed by atoms with Gasteiger partial charge in [0.2, 0.25) is 5.95 Å². The molecule has 34 heavy (non-hydrogen) atoms. The number of carbonyl (C=O) groups is 1. The van der Waals surface area contributed by atoms with Crippen molar-refractivity contribution in [3.63, 3.8) is 0 Å². The normalized spacial score (nSPS) is 15.1. The zero-order valence-electron chi connectivity index (χ0n) is 19.1. The van der Waals surface area contributed by atoms with Gasteiger partial charge in [0.25, 0.3) is 0 Å². The Hall–Kier alpha value is -3.59. The van der Waals surface area contributed by atoms with Gasteiger partial charge in [0.05, 0.1) is 23.8 Å². The highest BCUT2D eigenvalue weighted by atomic mass is 35.5. The van der Waals surface area contributed by atoms with Gasteiger partial charge in [-0.15, -0.1) is 0 Å². The van der Waals surface area contributed by atoms with Gasteiger partial charge in [-0.25, -0.2) is 13.9 Å². The van der Waals surface area contributed by atoms with E-state index < -0.39 is 17.8 Å². The fraction of sp³-hybridized carbons (Fsp3) is 0.292. The molecule has 0 spiro atoms. The third-order valence-corrected chi connectivity index (χ3v) is 5.65. The first-order valence-electron chi connectivity index (χ1n) is 10.6. The van der Waals surface area contributed by atoms with E-state index in [-0.39, 0.29) is 23.3 Å². The molecule has 3 aromatic rings. The molecule has 4 rings (SSSR count). The molecule has 1 N–H and O–H groups in total. The average molecular weight is 487 g/mol. The van der Waals surface area contributed by atoms with Crippen LogP contribution in [0.4, 0.5) is 10.3 Å². The van der Waals surface area contributed by atoms with Gasteiger partial charge in [0.1, 0.15) is 24.8 Å². The minimum atomic E-state index is -0.603. The van der Waals surface area contributed by atoms with Gasteiger partial charge in [0, 0.05) is 11.3 Å².